The Bertz CT molecular complexity index is 233. The molecule has 0 aromatic carbocycles. The molecule has 1 N–H and O–H groups in total. The van der Waals surface area contributed by atoms with Gasteiger partial charge in [-0.05, 0) is 45.2 Å². The molecular weight excluding hydrogens is 220 g/mol. The summed E-state index contributed by atoms with van der Waals surface area (Å²) in [4.78, 5) is 2.67. The highest BCUT2D eigenvalue weighted by Gasteiger charge is 2.28. The molecule has 0 aliphatic carbocycles. The summed E-state index contributed by atoms with van der Waals surface area (Å²) in [5, 5.41) is 3.65. The second-order valence-electron chi connectivity index (χ2n) is 7.50. The lowest BCUT2D eigenvalue weighted by molar-refractivity contribution is 0.148. The van der Waals surface area contributed by atoms with Gasteiger partial charge in [-0.1, -0.05) is 40.0 Å². The first-order valence-electron chi connectivity index (χ1n) is 7.82. The Hall–Kier alpha value is -0.0800. The molecule has 1 saturated heterocycles. The van der Waals surface area contributed by atoms with Crippen LogP contribution in [0.4, 0.5) is 0 Å². The van der Waals surface area contributed by atoms with Gasteiger partial charge in [-0.15, -0.1) is 0 Å². The third kappa shape index (κ3) is 6.19. The molecule has 18 heavy (non-hydrogen) atoms. The van der Waals surface area contributed by atoms with Crippen molar-refractivity contribution < 1.29 is 0 Å². The smallest absolute Gasteiger partial charge is 0.0252 e. The highest BCUT2D eigenvalue weighted by Crippen LogP contribution is 2.26. The Balaban J connectivity index is 2.43. The summed E-state index contributed by atoms with van der Waals surface area (Å²) < 4.78 is 0. The summed E-state index contributed by atoms with van der Waals surface area (Å²) in [6, 6.07) is 0. The fourth-order valence-corrected chi connectivity index (χ4v) is 3.10. The van der Waals surface area contributed by atoms with Gasteiger partial charge in [0.1, 0.15) is 0 Å². The lowest BCUT2D eigenvalue weighted by Crippen LogP contribution is -2.48. The van der Waals surface area contributed by atoms with Crippen molar-refractivity contribution in [2.75, 3.05) is 26.2 Å². The maximum Gasteiger partial charge on any atom is 0.0252 e. The summed E-state index contributed by atoms with van der Waals surface area (Å²) >= 11 is 0. The third-order valence-corrected chi connectivity index (χ3v) is 3.98. The lowest BCUT2D eigenvalue weighted by atomic mass is 9.86. The van der Waals surface area contributed by atoms with Crippen LogP contribution >= 0.6 is 0 Å². The van der Waals surface area contributed by atoms with Crippen molar-refractivity contribution in [2.45, 2.75) is 72.3 Å². The maximum atomic E-state index is 3.65. The first-order chi connectivity index (χ1) is 8.35. The highest BCUT2D eigenvalue weighted by molar-refractivity contribution is 4.86. The molecule has 0 radical (unpaired) electrons. The van der Waals surface area contributed by atoms with Gasteiger partial charge >= 0.3 is 0 Å². The normalized spacial score (nSPS) is 21.8. The molecular formula is C16H34N2. The number of rotatable bonds is 6. The molecule has 0 atom stereocenters. The predicted molar refractivity (Wildman–Crippen MR) is 81.1 cm³/mol. The van der Waals surface area contributed by atoms with Crippen LogP contribution in [0.1, 0.15) is 66.7 Å². The van der Waals surface area contributed by atoms with Gasteiger partial charge in [0.25, 0.3) is 0 Å². The molecule has 1 aliphatic heterocycles. The molecule has 0 aromatic rings. The zero-order chi connectivity index (χ0) is 13.6. The molecule has 0 aromatic heterocycles. The van der Waals surface area contributed by atoms with E-state index < -0.39 is 0 Å². The minimum atomic E-state index is 0.274. The Morgan fingerprint density at radius 3 is 2.61 bits per heavy atom. The number of nitrogens with one attached hydrogen (secondary N) is 1. The minimum absolute atomic E-state index is 0.274. The highest BCUT2D eigenvalue weighted by atomic mass is 15.2. The fraction of sp³-hybridized carbons (Fsp3) is 1.00. The molecule has 0 bridgehead atoms. The lowest BCUT2D eigenvalue weighted by Gasteiger charge is -2.36. The van der Waals surface area contributed by atoms with Gasteiger partial charge in [-0.3, -0.25) is 0 Å². The van der Waals surface area contributed by atoms with Crippen LogP contribution in [-0.4, -0.2) is 36.6 Å². The van der Waals surface area contributed by atoms with E-state index in [1.807, 2.05) is 0 Å². The monoisotopic (exact) mass is 254 g/mol. The molecule has 2 heteroatoms. The van der Waals surface area contributed by atoms with Crippen LogP contribution in [0.5, 0.6) is 0 Å². The molecule has 1 fully saturated rings. The van der Waals surface area contributed by atoms with Gasteiger partial charge in [-0.25, -0.2) is 0 Å². The van der Waals surface area contributed by atoms with E-state index in [0.29, 0.717) is 5.41 Å². The van der Waals surface area contributed by atoms with Crippen LogP contribution in [0.15, 0.2) is 0 Å². The fourth-order valence-electron chi connectivity index (χ4n) is 3.10. The van der Waals surface area contributed by atoms with E-state index in [9.17, 15) is 0 Å². The van der Waals surface area contributed by atoms with Crippen molar-refractivity contribution in [1.29, 1.82) is 0 Å². The topological polar surface area (TPSA) is 15.3 Å². The third-order valence-electron chi connectivity index (χ3n) is 3.98. The predicted octanol–water partition coefficient (Wildman–Crippen LogP) is 3.67. The van der Waals surface area contributed by atoms with E-state index in [2.05, 4.69) is 44.8 Å². The van der Waals surface area contributed by atoms with Gasteiger partial charge in [-0.2, -0.15) is 0 Å². The van der Waals surface area contributed by atoms with Crippen LogP contribution in [0, 0.1) is 5.41 Å². The first kappa shape index (κ1) is 16.0. The van der Waals surface area contributed by atoms with E-state index in [1.54, 1.807) is 0 Å². The molecule has 2 nitrogen and oxygen atoms in total. The molecule has 0 spiro atoms. The summed E-state index contributed by atoms with van der Waals surface area (Å²) in [5.41, 5.74) is 0.742. The first-order valence-corrected chi connectivity index (χ1v) is 7.82. The van der Waals surface area contributed by atoms with Gasteiger partial charge in [0.15, 0.2) is 0 Å². The van der Waals surface area contributed by atoms with Crippen molar-refractivity contribution in [3.63, 3.8) is 0 Å². The standard InChI is InChI=1S/C16H34N2/c1-6-7-8-10-15(2,3)13-18-12-9-11-17-16(4,5)14-18/h17H,6-14H2,1-5H3. The molecule has 0 saturated carbocycles. The minimum Gasteiger partial charge on any atom is -0.310 e. The zero-order valence-corrected chi connectivity index (χ0v) is 13.3. The largest absolute Gasteiger partial charge is 0.310 e. The summed E-state index contributed by atoms with van der Waals surface area (Å²) in [6.45, 7) is 16.7. The summed E-state index contributed by atoms with van der Waals surface area (Å²) in [6.07, 6.45) is 6.76. The van der Waals surface area contributed by atoms with E-state index in [4.69, 9.17) is 0 Å². The second kappa shape index (κ2) is 6.91. The quantitative estimate of drug-likeness (QED) is 0.728. The number of unbranched alkanes of at least 4 members (excludes halogenated alkanes) is 2. The molecule has 108 valence electrons. The Morgan fingerprint density at radius 2 is 1.94 bits per heavy atom. The van der Waals surface area contributed by atoms with Crippen LogP contribution in [0.25, 0.3) is 0 Å². The zero-order valence-electron chi connectivity index (χ0n) is 13.3. The van der Waals surface area contributed by atoms with Crippen molar-refractivity contribution in [1.82, 2.24) is 10.2 Å². The Morgan fingerprint density at radius 1 is 1.22 bits per heavy atom. The van der Waals surface area contributed by atoms with E-state index in [1.165, 1.54) is 58.3 Å². The molecule has 1 aliphatic rings. The SMILES string of the molecule is CCCCCC(C)(C)CN1CCCNC(C)(C)C1. The molecule has 1 rings (SSSR count). The summed E-state index contributed by atoms with van der Waals surface area (Å²) in [5.74, 6) is 0. The number of hydrogen-bond acceptors (Lipinski definition) is 2. The molecule has 1 heterocycles. The second-order valence-corrected chi connectivity index (χ2v) is 7.50. The van der Waals surface area contributed by atoms with Crippen LogP contribution in [0.2, 0.25) is 0 Å². The van der Waals surface area contributed by atoms with Crippen molar-refractivity contribution in [2.24, 2.45) is 5.41 Å². The van der Waals surface area contributed by atoms with E-state index in [-0.39, 0.29) is 5.54 Å². The van der Waals surface area contributed by atoms with Crippen LogP contribution in [-0.2, 0) is 0 Å². The molecule has 0 amide bonds. The van der Waals surface area contributed by atoms with Crippen LogP contribution < -0.4 is 5.32 Å². The maximum absolute atomic E-state index is 3.65. The number of nitrogens with zero attached hydrogens (tertiary/aromatic N) is 1. The van der Waals surface area contributed by atoms with Crippen molar-refractivity contribution in [3.8, 4) is 0 Å². The average molecular weight is 254 g/mol. The average Bonchev–Trinajstić information content (AvgIpc) is 2.38. The van der Waals surface area contributed by atoms with Gasteiger partial charge in [0.2, 0.25) is 0 Å². The van der Waals surface area contributed by atoms with Crippen LogP contribution in [0.3, 0.4) is 0 Å². The Labute approximate surface area is 115 Å². The summed E-state index contributed by atoms with van der Waals surface area (Å²) in [7, 11) is 0. The van der Waals surface area contributed by atoms with Crippen molar-refractivity contribution in [3.05, 3.63) is 0 Å². The van der Waals surface area contributed by atoms with Gasteiger partial charge in [0, 0.05) is 18.6 Å². The van der Waals surface area contributed by atoms with E-state index in [0.717, 1.165) is 0 Å². The van der Waals surface area contributed by atoms with Gasteiger partial charge < -0.3 is 10.2 Å². The van der Waals surface area contributed by atoms with Gasteiger partial charge in [0.05, 0.1) is 0 Å². The van der Waals surface area contributed by atoms with E-state index >= 15 is 0 Å². The molecule has 0 unspecified atom stereocenters. The van der Waals surface area contributed by atoms with Crippen molar-refractivity contribution >= 4 is 0 Å². The number of hydrogen-bond donors (Lipinski definition) is 1. The Kier molecular flexibility index (Phi) is 6.13.